The van der Waals surface area contributed by atoms with Crippen molar-refractivity contribution in [3.63, 3.8) is 0 Å². The second-order valence-corrected chi connectivity index (χ2v) is 4.73. The minimum Gasteiger partial charge on any atom is -0.480 e. The lowest BCUT2D eigenvalue weighted by molar-refractivity contribution is -0.140. The van der Waals surface area contributed by atoms with Crippen LogP contribution in [0.3, 0.4) is 0 Å². The van der Waals surface area contributed by atoms with Gasteiger partial charge < -0.3 is 15.2 Å². The standard InChI is InChI=1S/C15H17N3O4/c1-10-12(14(19)16-13(9-22-2)15(20)21)8-18(17-10)11-6-4-3-5-7-11/h3-8,13H,9H2,1-2H3,(H,16,19)(H,20,21). The molecule has 0 fully saturated rings. The summed E-state index contributed by atoms with van der Waals surface area (Å²) in [5, 5.41) is 15.7. The van der Waals surface area contributed by atoms with Crippen molar-refractivity contribution in [1.29, 1.82) is 0 Å². The zero-order chi connectivity index (χ0) is 16.1. The first kappa shape index (κ1) is 15.7. The summed E-state index contributed by atoms with van der Waals surface area (Å²) < 4.78 is 6.37. The average molecular weight is 303 g/mol. The summed E-state index contributed by atoms with van der Waals surface area (Å²) in [6.07, 6.45) is 1.58. The van der Waals surface area contributed by atoms with Crippen molar-refractivity contribution in [2.24, 2.45) is 0 Å². The molecule has 0 aliphatic rings. The zero-order valence-corrected chi connectivity index (χ0v) is 12.3. The number of carbonyl (C=O) groups excluding carboxylic acids is 1. The van der Waals surface area contributed by atoms with Crippen LogP contribution in [0.15, 0.2) is 36.5 Å². The van der Waals surface area contributed by atoms with Gasteiger partial charge in [-0.05, 0) is 19.1 Å². The third kappa shape index (κ3) is 3.50. The van der Waals surface area contributed by atoms with Crippen LogP contribution in [0.1, 0.15) is 16.1 Å². The summed E-state index contributed by atoms with van der Waals surface area (Å²) >= 11 is 0. The Morgan fingerprint density at radius 3 is 2.64 bits per heavy atom. The number of aromatic nitrogens is 2. The highest BCUT2D eigenvalue weighted by molar-refractivity contribution is 5.97. The molecular weight excluding hydrogens is 286 g/mol. The fourth-order valence-electron chi connectivity index (χ4n) is 1.97. The molecule has 1 aromatic carbocycles. The normalized spacial score (nSPS) is 11.9. The van der Waals surface area contributed by atoms with Crippen LogP contribution in [0.25, 0.3) is 5.69 Å². The van der Waals surface area contributed by atoms with Gasteiger partial charge in [-0.1, -0.05) is 18.2 Å². The molecule has 1 atom stereocenters. The van der Waals surface area contributed by atoms with Gasteiger partial charge in [-0.2, -0.15) is 5.10 Å². The Hall–Kier alpha value is -2.67. The Kier molecular flexibility index (Phi) is 4.90. The predicted molar refractivity (Wildman–Crippen MR) is 79.1 cm³/mol. The maximum atomic E-state index is 12.2. The molecule has 7 nitrogen and oxygen atoms in total. The van der Waals surface area contributed by atoms with Gasteiger partial charge in [0.15, 0.2) is 6.04 Å². The molecule has 1 amide bonds. The number of aliphatic carboxylic acids is 1. The summed E-state index contributed by atoms with van der Waals surface area (Å²) in [6.45, 7) is 1.59. The van der Waals surface area contributed by atoms with E-state index in [2.05, 4.69) is 10.4 Å². The molecule has 0 aliphatic carbocycles. The first-order chi connectivity index (χ1) is 10.5. The second-order valence-electron chi connectivity index (χ2n) is 4.73. The van der Waals surface area contributed by atoms with Gasteiger partial charge in [-0.3, -0.25) is 4.79 Å². The smallest absolute Gasteiger partial charge is 0.328 e. The van der Waals surface area contributed by atoms with Crippen LogP contribution in [0.4, 0.5) is 0 Å². The minimum absolute atomic E-state index is 0.104. The van der Waals surface area contributed by atoms with Crippen LogP contribution in [-0.4, -0.2) is 46.5 Å². The number of methoxy groups -OCH3 is 1. The van der Waals surface area contributed by atoms with Gasteiger partial charge in [0.2, 0.25) is 0 Å². The van der Waals surface area contributed by atoms with E-state index in [1.54, 1.807) is 17.8 Å². The van der Waals surface area contributed by atoms with E-state index >= 15 is 0 Å². The number of ether oxygens (including phenoxy) is 1. The van der Waals surface area contributed by atoms with E-state index < -0.39 is 17.9 Å². The first-order valence-corrected chi connectivity index (χ1v) is 6.67. The molecule has 0 bridgehead atoms. The number of nitrogens with one attached hydrogen (secondary N) is 1. The molecule has 116 valence electrons. The molecule has 0 saturated heterocycles. The van der Waals surface area contributed by atoms with Gasteiger partial charge >= 0.3 is 5.97 Å². The maximum absolute atomic E-state index is 12.2. The monoisotopic (exact) mass is 303 g/mol. The average Bonchev–Trinajstić information content (AvgIpc) is 2.89. The van der Waals surface area contributed by atoms with Crippen LogP contribution >= 0.6 is 0 Å². The summed E-state index contributed by atoms with van der Waals surface area (Å²) in [5.74, 6) is -1.65. The van der Waals surface area contributed by atoms with E-state index in [9.17, 15) is 9.59 Å². The number of hydrogen-bond donors (Lipinski definition) is 2. The first-order valence-electron chi connectivity index (χ1n) is 6.67. The third-order valence-electron chi connectivity index (χ3n) is 3.10. The van der Waals surface area contributed by atoms with Gasteiger partial charge in [0, 0.05) is 13.3 Å². The third-order valence-corrected chi connectivity index (χ3v) is 3.10. The highest BCUT2D eigenvalue weighted by atomic mass is 16.5. The number of carboxylic acid groups (broad SMARTS) is 1. The molecule has 2 N–H and O–H groups in total. The lowest BCUT2D eigenvalue weighted by Gasteiger charge is -2.12. The van der Waals surface area contributed by atoms with Crippen LogP contribution in [-0.2, 0) is 9.53 Å². The van der Waals surface area contributed by atoms with Crippen molar-refractivity contribution in [1.82, 2.24) is 15.1 Å². The van der Waals surface area contributed by atoms with Crippen molar-refractivity contribution in [2.45, 2.75) is 13.0 Å². The molecule has 2 rings (SSSR count). The maximum Gasteiger partial charge on any atom is 0.328 e. The highest BCUT2D eigenvalue weighted by Gasteiger charge is 2.22. The molecule has 22 heavy (non-hydrogen) atoms. The summed E-state index contributed by atoms with van der Waals surface area (Å²) in [7, 11) is 1.38. The number of nitrogens with zero attached hydrogens (tertiary/aromatic N) is 2. The molecule has 1 unspecified atom stereocenters. The lowest BCUT2D eigenvalue weighted by Crippen LogP contribution is -2.43. The van der Waals surface area contributed by atoms with Gasteiger partial charge in [0.05, 0.1) is 23.6 Å². The van der Waals surface area contributed by atoms with Gasteiger partial charge in [0.25, 0.3) is 5.91 Å². The highest BCUT2D eigenvalue weighted by Crippen LogP contribution is 2.12. The molecule has 7 heteroatoms. The van der Waals surface area contributed by atoms with Crippen molar-refractivity contribution in [3.05, 3.63) is 47.8 Å². The molecule has 1 aromatic heterocycles. The lowest BCUT2D eigenvalue weighted by atomic mass is 10.2. The Bertz CT molecular complexity index is 667. The zero-order valence-electron chi connectivity index (χ0n) is 12.3. The number of rotatable bonds is 6. The predicted octanol–water partition coefficient (Wildman–Crippen LogP) is 1.01. The van der Waals surface area contributed by atoms with Crippen molar-refractivity contribution in [2.75, 3.05) is 13.7 Å². The SMILES string of the molecule is COCC(NC(=O)c1cn(-c2ccccc2)nc1C)C(=O)O. The molecule has 0 radical (unpaired) electrons. The Labute approximate surface area is 127 Å². The number of aryl methyl sites for hydroxylation is 1. The van der Waals surface area contributed by atoms with Crippen molar-refractivity contribution >= 4 is 11.9 Å². The van der Waals surface area contributed by atoms with Crippen molar-refractivity contribution in [3.8, 4) is 5.69 Å². The Balaban J connectivity index is 2.20. The van der Waals surface area contributed by atoms with E-state index in [4.69, 9.17) is 9.84 Å². The fourth-order valence-corrected chi connectivity index (χ4v) is 1.97. The largest absolute Gasteiger partial charge is 0.480 e. The number of para-hydroxylation sites is 1. The molecular formula is C15H17N3O4. The number of carbonyl (C=O) groups is 2. The number of carboxylic acids is 1. The minimum atomic E-state index is -1.15. The number of amides is 1. The van der Waals surface area contributed by atoms with Gasteiger partial charge in [-0.25, -0.2) is 9.48 Å². The topological polar surface area (TPSA) is 93.5 Å². The van der Waals surface area contributed by atoms with Crippen LogP contribution in [0.2, 0.25) is 0 Å². The number of hydrogen-bond acceptors (Lipinski definition) is 4. The quantitative estimate of drug-likeness (QED) is 0.830. The van der Waals surface area contributed by atoms with E-state index in [0.29, 0.717) is 11.3 Å². The molecule has 0 aliphatic heterocycles. The molecule has 1 heterocycles. The summed E-state index contributed by atoms with van der Waals surface area (Å²) in [4.78, 5) is 23.3. The summed E-state index contributed by atoms with van der Waals surface area (Å²) in [5.41, 5.74) is 1.66. The van der Waals surface area contributed by atoms with E-state index in [-0.39, 0.29) is 6.61 Å². The van der Waals surface area contributed by atoms with E-state index in [1.165, 1.54) is 7.11 Å². The van der Waals surface area contributed by atoms with Crippen LogP contribution < -0.4 is 5.32 Å². The van der Waals surface area contributed by atoms with E-state index in [0.717, 1.165) is 5.69 Å². The Morgan fingerprint density at radius 1 is 1.36 bits per heavy atom. The fraction of sp³-hybridized carbons (Fsp3) is 0.267. The van der Waals surface area contributed by atoms with Gasteiger partial charge in [0.1, 0.15) is 0 Å². The van der Waals surface area contributed by atoms with Crippen LogP contribution in [0.5, 0.6) is 0 Å². The van der Waals surface area contributed by atoms with Crippen molar-refractivity contribution < 1.29 is 19.4 Å². The number of benzene rings is 1. The Morgan fingerprint density at radius 2 is 2.05 bits per heavy atom. The summed E-state index contributed by atoms with van der Waals surface area (Å²) in [6, 6.07) is 8.24. The second kappa shape index (κ2) is 6.86. The molecule has 0 spiro atoms. The molecule has 2 aromatic rings. The van der Waals surface area contributed by atoms with Crippen LogP contribution in [0, 0.1) is 6.92 Å². The van der Waals surface area contributed by atoms with Gasteiger partial charge in [-0.15, -0.1) is 0 Å². The molecule has 0 saturated carbocycles. The van der Waals surface area contributed by atoms with E-state index in [1.807, 2.05) is 30.3 Å².